The van der Waals surface area contributed by atoms with Crippen LogP contribution >= 0.6 is 11.6 Å². The molecule has 0 amide bonds. The molecule has 0 aliphatic heterocycles. The maximum atomic E-state index is 6.57. The molecule has 13 heavy (non-hydrogen) atoms. The van der Waals surface area contributed by atoms with Gasteiger partial charge < -0.3 is 18.4 Å². The van der Waals surface area contributed by atoms with E-state index in [1.54, 1.807) is 6.07 Å². The zero-order valence-electron chi connectivity index (χ0n) is 7.58. The maximum absolute atomic E-state index is 6.57. The fourth-order valence-corrected chi connectivity index (χ4v) is 0.947. The number of hydrogen-bond donors (Lipinski definition) is 0. The van der Waals surface area contributed by atoms with Crippen LogP contribution in [0.3, 0.4) is 0 Å². The third-order valence-electron chi connectivity index (χ3n) is 1.22. The minimum absolute atomic E-state index is 0. The molecule has 0 fully saturated rings. The molecule has 0 atom stereocenters. The van der Waals surface area contributed by atoms with Crippen molar-refractivity contribution in [3.8, 4) is 0 Å². The Bertz CT molecular complexity index is 289. The molecule has 69 valence electrons. The zero-order chi connectivity index (χ0) is 8.27. The van der Waals surface area contributed by atoms with Gasteiger partial charge in [0.15, 0.2) is 0 Å². The third-order valence-corrected chi connectivity index (χ3v) is 1.52. The summed E-state index contributed by atoms with van der Waals surface area (Å²) in [5.41, 5.74) is 1.53. The van der Waals surface area contributed by atoms with Gasteiger partial charge >= 0.3 is 0 Å². The van der Waals surface area contributed by atoms with Gasteiger partial charge in [0.1, 0.15) is 5.15 Å². The molecule has 0 saturated heterocycles. The summed E-state index contributed by atoms with van der Waals surface area (Å²) in [4.78, 5) is 3.98. The van der Waals surface area contributed by atoms with Crippen LogP contribution in [0.4, 0.5) is 0 Å². The molecule has 3 nitrogen and oxygen atoms in total. The molecular weight excluding hydrogens is 262 g/mol. The molecule has 0 aromatic carbocycles. The predicted octanol–water partition coefficient (Wildman–Crippen LogP) is 2.88. The second-order valence-corrected chi connectivity index (χ2v) is 2.45. The van der Waals surface area contributed by atoms with Crippen LogP contribution in [0.1, 0.15) is 11.3 Å². The van der Waals surface area contributed by atoms with Crippen molar-refractivity contribution in [1.29, 1.82) is 0 Å². The molecule has 1 rings (SSSR count). The number of nitrogens with one attached hydrogen (secondary N) is 1. The predicted molar refractivity (Wildman–Crippen MR) is 52.3 cm³/mol. The van der Waals surface area contributed by atoms with Crippen LogP contribution in [0, 0.1) is 14.4 Å². The topological polar surface area (TPSA) is 49.0 Å². The average molecular weight is 273 g/mol. The van der Waals surface area contributed by atoms with Crippen molar-refractivity contribution < 1.29 is 32.7 Å². The van der Waals surface area contributed by atoms with Gasteiger partial charge in [-0.05, 0) is 19.1 Å². The van der Waals surface area contributed by atoms with Crippen molar-refractivity contribution in [1.82, 2.24) is 4.98 Å². The van der Waals surface area contributed by atoms with E-state index in [1.165, 1.54) is 6.21 Å². The fourth-order valence-electron chi connectivity index (χ4n) is 0.702. The Morgan fingerprint density at radius 3 is 2.62 bits per heavy atom. The van der Waals surface area contributed by atoms with Crippen molar-refractivity contribution in [2.24, 2.45) is 5.10 Å². The SMILES string of the molecule is Cc1ccc(/C=N/[NH-])c(Cl)n1.[CH3-].[Y]. The number of pyridine rings is 1. The van der Waals surface area contributed by atoms with Gasteiger partial charge in [-0.25, -0.2) is 4.98 Å². The molecule has 0 unspecified atom stereocenters. The normalized spacial score (nSPS) is 9.08. The summed E-state index contributed by atoms with van der Waals surface area (Å²) in [5, 5.41) is 3.49. The summed E-state index contributed by atoms with van der Waals surface area (Å²) in [7, 11) is 0. The summed E-state index contributed by atoms with van der Waals surface area (Å²) in [6, 6.07) is 3.60. The Morgan fingerprint density at radius 1 is 1.54 bits per heavy atom. The molecule has 1 aromatic heterocycles. The molecule has 5 heteroatoms. The monoisotopic (exact) mass is 272 g/mol. The molecule has 0 aliphatic rings. The van der Waals surface area contributed by atoms with Gasteiger partial charge in [-0.2, -0.15) is 0 Å². The summed E-state index contributed by atoms with van der Waals surface area (Å²) < 4.78 is 0. The van der Waals surface area contributed by atoms with Crippen molar-refractivity contribution in [2.45, 2.75) is 6.92 Å². The quantitative estimate of drug-likeness (QED) is 0.336. The van der Waals surface area contributed by atoms with Gasteiger partial charge in [-0.15, -0.1) is 0 Å². The van der Waals surface area contributed by atoms with Gasteiger partial charge in [0.2, 0.25) is 0 Å². The number of aromatic nitrogens is 1. The number of rotatable bonds is 1. The standard InChI is InChI=1S/C7H7ClN3.CH3.Y/c1-5-2-3-6(4-10-9)7(8)11-5;;/h2-4,9H,1H3;1H3;/q2*-1;/b10-4+;;. The summed E-state index contributed by atoms with van der Waals surface area (Å²) >= 11 is 5.72. The smallest absolute Gasteiger partial charge is 0.138 e. The fraction of sp³-hybridized carbons (Fsp3) is 0.125. The zero-order valence-corrected chi connectivity index (χ0v) is 11.2. The Hall–Kier alpha value is 0.0139. The van der Waals surface area contributed by atoms with E-state index >= 15 is 0 Å². The van der Waals surface area contributed by atoms with Gasteiger partial charge in [0, 0.05) is 50.2 Å². The van der Waals surface area contributed by atoms with Crippen molar-refractivity contribution >= 4 is 17.8 Å². The molecule has 0 saturated carbocycles. The van der Waals surface area contributed by atoms with Crippen LogP contribution in [0.25, 0.3) is 5.84 Å². The number of halogens is 1. The molecular formula is C8H10ClN3Y-2. The van der Waals surface area contributed by atoms with E-state index in [0.29, 0.717) is 10.7 Å². The van der Waals surface area contributed by atoms with Crippen LogP contribution in [0.5, 0.6) is 0 Å². The van der Waals surface area contributed by atoms with E-state index in [-0.39, 0.29) is 40.1 Å². The van der Waals surface area contributed by atoms with Gasteiger partial charge in [-0.1, -0.05) is 11.6 Å². The second kappa shape index (κ2) is 7.42. The van der Waals surface area contributed by atoms with E-state index in [9.17, 15) is 0 Å². The van der Waals surface area contributed by atoms with Gasteiger partial charge in [-0.3, -0.25) is 0 Å². The molecule has 0 aliphatic carbocycles. The van der Waals surface area contributed by atoms with E-state index < -0.39 is 0 Å². The van der Waals surface area contributed by atoms with Crippen LogP contribution in [0.15, 0.2) is 17.2 Å². The largest absolute Gasteiger partial charge is 0.617 e. The number of aryl methyl sites for hydroxylation is 1. The Morgan fingerprint density at radius 2 is 2.15 bits per heavy atom. The number of hydrogen-bond acceptors (Lipinski definition) is 2. The first-order valence-electron chi connectivity index (χ1n) is 3.07. The van der Waals surface area contributed by atoms with Crippen LogP contribution in [-0.4, -0.2) is 11.2 Å². The summed E-state index contributed by atoms with van der Waals surface area (Å²) in [5.74, 6) is 6.57. The van der Waals surface area contributed by atoms with Crippen molar-refractivity contribution in [3.05, 3.63) is 41.8 Å². The Labute approximate surface area is 109 Å². The first kappa shape index (κ1) is 15.5. The summed E-state index contributed by atoms with van der Waals surface area (Å²) in [6.45, 7) is 1.85. The minimum Gasteiger partial charge on any atom is -0.617 e. The van der Waals surface area contributed by atoms with Crippen LogP contribution in [-0.2, 0) is 32.7 Å². The van der Waals surface area contributed by atoms with E-state index in [0.717, 1.165) is 5.69 Å². The first-order valence-corrected chi connectivity index (χ1v) is 3.45. The van der Waals surface area contributed by atoms with Crippen LogP contribution in [0.2, 0.25) is 5.15 Å². The Kier molecular flexibility index (Phi) is 8.84. The summed E-state index contributed by atoms with van der Waals surface area (Å²) in [6.07, 6.45) is 1.36. The number of nitrogens with zero attached hydrogens (tertiary/aromatic N) is 2. The average Bonchev–Trinajstić information content (AvgIpc) is 1.95. The minimum atomic E-state index is 0. The van der Waals surface area contributed by atoms with Crippen molar-refractivity contribution in [2.75, 3.05) is 0 Å². The van der Waals surface area contributed by atoms with E-state index in [1.807, 2.05) is 13.0 Å². The van der Waals surface area contributed by atoms with Gasteiger partial charge in [0.05, 0.1) is 0 Å². The van der Waals surface area contributed by atoms with E-state index in [4.69, 9.17) is 17.4 Å². The molecule has 0 spiro atoms. The second-order valence-electron chi connectivity index (χ2n) is 2.09. The molecule has 1 radical (unpaired) electrons. The van der Waals surface area contributed by atoms with Crippen LogP contribution < -0.4 is 0 Å². The maximum Gasteiger partial charge on any atom is 0.138 e. The molecule has 1 aromatic rings. The third kappa shape index (κ3) is 4.70. The molecule has 1 N–H and O–H groups in total. The molecule has 1 heterocycles. The Balaban J connectivity index is 0. The van der Waals surface area contributed by atoms with Crippen molar-refractivity contribution in [3.63, 3.8) is 0 Å². The molecule has 0 bridgehead atoms. The first-order chi connectivity index (χ1) is 5.24. The van der Waals surface area contributed by atoms with E-state index in [2.05, 4.69) is 10.1 Å². The van der Waals surface area contributed by atoms with Gasteiger partial charge in [0.25, 0.3) is 0 Å².